The Hall–Kier alpha value is -0.670. The molecule has 0 radical (unpaired) electrons. The largest absolute Gasteiger partial charge is 0.395 e. The van der Waals surface area contributed by atoms with Gasteiger partial charge in [-0.2, -0.15) is 0 Å². The van der Waals surface area contributed by atoms with Crippen molar-refractivity contribution in [2.75, 3.05) is 13.2 Å². The summed E-state index contributed by atoms with van der Waals surface area (Å²) in [6, 6.07) is 0.214. The number of rotatable bonds is 6. The molecule has 0 spiro atoms. The van der Waals surface area contributed by atoms with Gasteiger partial charge >= 0.3 is 0 Å². The van der Waals surface area contributed by atoms with Gasteiger partial charge in [0.25, 0.3) is 0 Å². The standard InChI is InChI=1S/C18H28N2O/c21-11-17(6-13-1-2-19-10-13)20-12-18-7-14-3-15(8-18)5-16(4-14)9-18/h2,10,14-17,20-21H,1,3-9,11-12H2. The molecule has 0 aromatic heterocycles. The summed E-state index contributed by atoms with van der Waals surface area (Å²) in [4.78, 5) is 4.17. The molecule has 1 heterocycles. The number of hydrogen-bond acceptors (Lipinski definition) is 3. The minimum absolute atomic E-state index is 0.214. The molecule has 3 heteroatoms. The van der Waals surface area contributed by atoms with Crippen LogP contribution in [0.15, 0.2) is 16.8 Å². The highest BCUT2D eigenvalue weighted by Gasteiger charge is 2.50. The average Bonchev–Trinajstić information content (AvgIpc) is 2.95. The maximum atomic E-state index is 9.67. The Labute approximate surface area is 127 Å². The second-order valence-electron chi connectivity index (χ2n) is 8.21. The number of aliphatic hydroxyl groups excluding tert-OH is 1. The van der Waals surface area contributed by atoms with Crippen molar-refractivity contribution < 1.29 is 5.11 Å². The Balaban J connectivity index is 1.35. The number of aliphatic hydroxyl groups is 1. The van der Waals surface area contributed by atoms with Crippen LogP contribution >= 0.6 is 0 Å². The average molecular weight is 288 g/mol. The van der Waals surface area contributed by atoms with Gasteiger partial charge in [-0.25, -0.2) is 0 Å². The molecule has 1 atom stereocenters. The Kier molecular flexibility index (Phi) is 3.66. The molecule has 5 rings (SSSR count). The van der Waals surface area contributed by atoms with Crippen LogP contribution in [0.4, 0.5) is 0 Å². The monoisotopic (exact) mass is 288 g/mol. The van der Waals surface area contributed by atoms with E-state index in [1.54, 1.807) is 0 Å². The van der Waals surface area contributed by atoms with E-state index in [1.165, 1.54) is 44.1 Å². The van der Waals surface area contributed by atoms with Gasteiger partial charge in [-0.15, -0.1) is 0 Å². The number of nitrogens with one attached hydrogen (secondary N) is 1. The third-order valence-electron chi connectivity index (χ3n) is 6.38. The summed E-state index contributed by atoms with van der Waals surface area (Å²) < 4.78 is 0. The van der Waals surface area contributed by atoms with Gasteiger partial charge in [-0.1, -0.05) is 0 Å². The van der Waals surface area contributed by atoms with Crippen molar-refractivity contribution in [2.45, 2.75) is 57.4 Å². The van der Waals surface area contributed by atoms with Crippen LogP contribution in [0.25, 0.3) is 0 Å². The van der Waals surface area contributed by atoms with E-state index in [0.29, 0.717) is 5.41 Å². The fraction of sp³-hybridized carbons (Fsp3) is 0.833. The van der Waals surface area contributed by atoms with E-state index in [0.717, 1.165) is 37.1 Å². The maximum absolute atomic E-state index is 9.67. The van der Waals surface area contributed by atoms with E-state index in [2.05, 4.69) is 10.3 Å². The first kappa shape index (κ1) is 14.0. The molecular weight excluding hydrogens is 260 g/mol. The van der Waals surface area contributed by atoms with E-state index >= 15 is 0 Å². The predicted molar refractivity (Wildman–Crippen MR) is 85.3 cm³/mol. The Morgan fingerprint density at radius 2 is 1.86 bits per heavy atom. The third kappa shape index (κ3) is 2.83. The van der Waals surface area contributed by atoms with Crippen molar-refractivity contribution in [1.82, 2.24) is 5.32 Å². The second-order valence-corrected chi connectivity index (χ2v) is 8.21. The van der Waals surface area contributed by atoms with Gasteiger partial charge in [0.2, 0.25) is 0 Å². The molecule has 4 saturated carbocycles. The summed E-state index contributed by atoms with van der Waals surface area (Å²) in [6.07, 6.45) is 14.7. The summed E-state index contributed by atoms with van der Waals surface area (Å²) in [6.45, 7) is 1.36. The lowest BCUT2D eigenvalue weighted by Crippen LogP contribution is -2.52. The molecule has 1 aliphatic heterocycles. The van der Waals surface area contributed by atoms with Crippen LogP contribution in [0.5, 0.6) is 0 Å². The maximum Gasteiger partial charge on any atom is 0.0587 e. The minimum atomic E-state index is 0.214. The van der Waals surface area contributed by atoms with E-state index in [4.69, 9.17) is 0 Å². The number of hydrogen-bond donors (Lipinski definition) is 2. The van der Waals surface area contributed by atoms with Crippen LogP contribution in [-0.4, -0.2) is 30.5 Å². The zero-order valence-electron chi connectivity index (χ0n) is 12.9. The highest BCUT2D eigenvalue weighted by atomic mass is 16.3. The number of aliphatic imine (C=N–C) groups is 1. The van der Waals surface area contributed by atoms with Crippen molar-refractivity contribution in [3.05, 3.63) is 11.8 Å². The summed E-state index contributed by atoms with van der Waals surface area (Å²) >= 11 is 0. The van der Waals surface area contributed by atoms with Crippen molar-refractivity contribution in [1.29, 1.82) is 0 Å². The molecule has 4 aliphatic carbocycles. The fourth-order valence-corrected chi connectivity index (χ4v) is 5.90. The van der Waals surface area contributed by atoms with Crippen LogP contribution < -0.4 is 5.32 Å². The van der Waals surface area contributed by atoms with E-state index in [9.17, 15) is 5.11 Å². The van der Waals surface area contributed by atoms with E-state index in [-0.39, 0.29) is 12.6 Å². The van der Waals surface area contributed by atoms with Gasteiger partial charge in [-0.05, 0) is 73.7 Å². The zero-order chi connectivity index (χ0) is 14.3. The molecule has 1 unspecified atom stereocenters. The van der Waals surface area contributed by atoms with Crippen molar-refractivity contribution >= 4 is 6.21 Å². The first-order chi connectivity index (χ1) is 10.2. The molecule has 5 aliphatic rings. The predicted octanol–water partition coefficient (Wildman–Crippen LogP) is 2.90. The first-order valence-electron chi connectivity index (χ1n) is 8.78. The topological polar surface area (TPSA) is 44.6 Å². The van der Waals surface area contributed by atoms with Gasteiger partial charge in [0.05, 0.1) is 6.61 Å². The lowest BCUT2D eigenvalue weighted by molar-refractivity contribution is -0.0530. The van der Waals surface area contributed by atoms with Crippen LogP contribution in [0, 0.1) is 23.2 Å². The van der Waals surface area contributed by atoms with Gasteiger partial charge < -0.3 is 10.4 Å². The molecule has 4 fully saturated rings. The lowest BCUT2D eigenvalue weighted by atomic mass is 9.49. The summed E-state index contributed by atoms with van der Waals surface area (Å²) in [5, 5.41) is 13.4. The summed E-state index contributed by atoms with van der Waals surface area (Å²) in [5.74, 6) is 3.03. The summed E-state index contributed by atoms with van der Waals surface area (Å²) in [7, 11) is 0. The summed E-state index contributed by atoms with van der Waals surface area (Å²) in [5.41, 5.74) is 1.91. The van der Waals surface area contributed by atoms with Crippen molar-refractivity contribution in [3.8, 4) is 0 Å². The second kappa shape index (κ2) is 5.51. The first-order valence-corrected chi connectivity index (χ1v) is 8.78. The highest BCUT2D eigenvalue weighted by Crippen LogP contribution is 2.59. The fourth-order valence-electron chi connectivity index (χ4n) is 5.90. The molecule has 0 aromatic rings. The Bertz CT molecular complexity index is 419. The molecule has 21 heavy (non-hydrogen) atoms. The Morgan fingerprint density at radius 1 is 1.19 bits per heavy atom. The zero-order valence-corrected chi connectivity index (χ0v) is 12.9. The number of nitrogens with zero attached hydrogens (tertiary/aromatic N) is 1. The quantitative estimate of drug-likeness (QED) is 0.789. The van der Waals surface area contributed by atoms with Crippen molar-refractivity contribution in [3.63, 3.8) is 0 Å². The molecule has 0 saturated heterocycles. The SMILES string of the molecule is OCC(CC1=CN=CC1)NCC12CC3CC(CC(C3)C1)C2. The molecule has 2 N–H and O–H groups in total. The van der Waals surface area contributed by atoms with E-state index < -0.39 is 0 Å². The third-order valence-corrected chi connectivity index (χ3v) is 6.38. The van der Waals surface area contributed by atoms with Gasteiger partial charge in [0.15, 0.2) is 0 Å². The molecule has 0 amide bonds. The Morgan fingerprint density at radius 3 is 2.38 bits per heavy atom. The highest BCUT2D eigenvalue weighted by molar-refractivity contribution is 5.65. The van der Waals surface area contributed by atoms with Gasteiger partial charge in [-0.3, -0.25) is 4.99 Å². The lowest BCUT2D eigenvalue weighted by Gasteiger charge is -2.57. The van der Waals surface area contributed by atoms with Gasteiger partial charge in [0, 0.05) is 31.4 Å². The molecule has 4 bridgehead atoms. The van der Waals surface area contributed by atoms with Crippen LogP contribution in [0.2, 0.25) is 0 Å². The smallest absolute Gasteiger partial charge is 0.0587 e. The van der Waals surface area contributed by atoms with Gasteiger partial charge in [0.1, 0.15) is 0 Å². The molecular formula is C18H28N2O. The van der Waals surface area contributed by atoms with Crippen LogP contribution in [0.1, 0.15) is 51.4 Å². The molecule has 3 nitrogen and oxygen atoms in total. The normalized spacial score (nSPS) is 41.6. The van der Waals surface area contributed by atoms with Crippen LogP contribution in [0.3, 0.4) is 0 Å². The molecule has 0 aromatic carbocycles. The minimum Gasteiger partial charge on any atom is -0.395 e. The van der Waals surface area contributed by atoms with Crippen molar-refractivity contribution in [2.24, 2.45) is 28.2 Å². The van der Waals surface area contributed by atoms with E-state index in [1.807, 2.05) is 12.4 Å². The van der Waals surface area contributed by atoms with Crippen LogP contribution in [-0.2, 0) is 0 Å². The molecule has 116 valence electrons.